The molecule has 20 heavy (non-hydrogen) atoms. The minimum absolute atomic E-state index is 0.530. The molecule has 0 radical (unpaired) electrons. The van der Waals surface area contributed by atoms with Crippen LogP contribution in [0.1, 0.15) is 36.1 Å². The molecule has 1 atom stereocenters. The van der Waals surface area contributed by atoms with E-state index in [2.05, 4.69) is 48.0 Å². The number of hydrogen-bond donors (Lipinski definition) is 1. The molecule has 1 heterocycles. The Hall–Kier alpha value is -0.830. The van der Waals surface area contributed by atoms with Gasteiger partial charge >= 0.3 is 0 Å². The van der Waals surface area contributed by atoms with E-state index in [1.807, 2.05) is 17.4 Å². The van der Waals surface area contributed by atoms with Gasteiger partial charge in [-0.25, -0.2) is 0 Å². The van der Waals surface area contributed by atoms with E-state index < -0.39 is 0 Å². The Balaban J connectivity index is 1.99. The van der Waals surface area contributed by atoms with Gasteiger partial charge in [-0.15, -0.1) is 11.3 Å². The van der Waals surface area contributed by atoms with Crippen LogP contribution in [0.5, 0.6) is 0 Å². The van der Waals surface area contributed by atoms with Crippen LogP contribution < -0.4 is 5.32 Å². The molecule has 0 saturated carbocycles. The number of aryl methyl sites for hydroxylation is 1. The van der Waals surface area contributed by atoms with Crippen molar-refractivity contribution in [1.29, 1.82) is 0 Å². The van der Waals surface area contributed by atoms with E-state index in [1.165, 1.54) is 16.9 Å². The van der Waals surface area contributed by atoms with Gasteiger partial charge in [0.1, 0.15) is 0 Å². The zero-order chi connectivity index (χ0) is 14.2. The molecule has 1 unspecified atom stereocenters. The summed E-state index contributed by atoms with van der Waals surface area (Å²) in [6, 6.07) is 12.6. The van der Waals surface area contributed by atoms with Crippen molar-refractivity contribution in [3.63, 3.8) is 0 Å². The third-order valence-corrected chi connectivity index (χ3v) is 4.63. The van der Waals surface area contributed by atoms with Crippen molar-refractivity contribution in [3.8, 4) is 0 Å². The van der Waals surface area contributed by atoms with Crippen LogP contribution in [0.25, 0.3) is 0 Å². The molecule has 0 bridgehead atoms. The lowest BCUT2D eigenvalue weighted by atomic mass is 9.93. The van der Waals surface area contributed by atoms with Crippen molar-refractivity contribution >= 4 is 22.9 Å². The van der Waals surface area contributed by atoms with Crippen molar-refractivity contribution in [2.75, 3.05) is 13.1 Å². The molecule has 1 aromatic carbocycles. The predicted octanol–water partition coefficient (Wildman–Crippen LogP) is 5.12. The van der Waals surface area contributed by atoms with Crippen LogP contribution in [0.2, 0.25) is 5.02 Å². The molecule has 1 aromatic heterocycles. The van der Waals surface area contributed by atoms with Crippen molar-refractivity contribution < 1.29 is 0 Å². The molecule has 108 valence electrons. The summed E-state index contributed by atoms with van der Waals surface area (Å²) >= 11 is 7.98. The first-order valence-corrected chi connectivity index (χ1v) is 8.54. The molecule has 0 fully saturated rings. The summed E-state index contributed by atoms with van der Waals surface area (Å²) in [6.07, 6.45) is 3.48. The highest BCUT2D eigenvalue weighted by atomic mass is 35.5. The zero-order valence-corrected chi connectivity index (χ0v) is 13.5. The minimum atomic E-state index is 0.530. The molecule has 2 rings (SSSR count). The molecular formula is C17H22ClNS. The smallest absolute Gasteiger partial charge is 0.0408 e. The van der Waals surface area contributed by atoms with Crippen LogP contribution in [-0.4, -0.2) is 13.1 Å². The summed E-state index contributed by atoms with van der Waals surface area (Å²) < 4.78 is 0. The van der Waals surface area contributed by atoms with E-state index in [4.69, 9.17) is 11.6 Å². The molecular weight excluding hydrogens is 286 g/mol. The molecule has 0 aliphatic carbocycles. The molecule has 0 aliphatic heterocycles. The Morgan fingerprint density at radius 3 is 2.85 bits per heavy atom. The van der Waals surface area contributed by atoms with Gasteiger partial charge in [-0.05, 0) is 60.9 Å². The summed E-state index contributed by atoms with van der Waals surface area (Å²) in [6.45, 7) is 4.31. The summed E-state index contributed by atoms with van der Waals surface area (Å²) in [4.78, 5) is 1.47. The van der Waals surface area contributed by atoms with Crippen LogP contribution in [-0.2, 0) is 6.42 Å². The Labute approximate surface area is 131 Å². The zero-order valence-electron chi connectivity index (χ0n) is 11.9. The molecule has 0 spiro atoms. The maximum absolute atomic E-state index is 6.13. The van der Waals surface area contributed by atoms with E-state index >= 15 is 0 Å². The van der Waals surface area contributed by atoms with Gasteiger partial charge in [0, 0.05) is 16.4 Å². The number of halogens is 1. The Kier molecular flexibility index (Phi) is 6.58. The molecule has 2 aromatic rings. The number of benzene rings is 1. The van der Waals surface area contributed by atoms with Crippen LogP contribution in [0, 0.1) is 0 Å². The van der Waals surface area contributed by atoms with Gasteiger partial charge in [0.15, 0.2) is 0 Å². The largest absolute Gasteiger partial charge is 0.316 e. The fourth-order valence-corrected chi connectivity index (χ4v) is 3.29. The van der Waals surface area contributed by atoms with Gasteiger partial charge in [-0.2, -0.15) is 0 Å². The molecule has 1 N–H and O–H groups in total. The number of rotatable bonds is 8. The van der Waals surface area contributed by atoms with Crippen molar-refractivity contribution in [3.05, 3.63) is 57.2 Å². The predicted molar refractivity (Wildman–Crippen MR) is 90.0 cm³/mol. The number of nitrogens with one attached hydrogen (secondary N) is 1. The maximum atomic E-state index is 6.13. The second kappa shape index (κ2) is 8.46. The molecule has 0 amide bonds. The SMILES string of the molecule is CCCNCC(CCc1cccs1)c1cccc(Cl)c1. The van der Waals surface area contributed by atoms with Crippen molar-refractivity contribution in [2.24, 2.45) is 0 Å². The highest BCUT2D eigenvalue weighted by Gasteiger charge is 2.12. The molecule has 0 saturated heterocycles. The van der Waals surface area contributed by atoms with Crippen LogP contribution in [0.15, 0.2) is 41.8 Å². The van der Waals surface area contributed by atoms with Gasteiger partial charge in [-0.3, -0.25) is 0 Å². The number of thiophene rings is 1. The maximum Gasteiger partial charge on any atom is 0.0408 e. The fraction of sp³-hybridized carbons (Fsp3) is 0.412. The first-order valence-electron chi connectivity index (χ1n) is 7.28. The van der Waals surface area contributed by atoms with Crippen LogP contribution >= 0.6 is 22.9 Å². The second-order valence-electron chi connectivity index (χ2n) is 5.07. The monoisotopic (exact) mass is 307 g/mol. The fourth-order valence-electron chi connectivity index (χ4n) is 2.37. The quantitative estimate of drug-likeness (QED) is 0.668. The van der Waals surface area contributed by atoms with Gasteiger partial charge in [-0.1, -0.05) is 36.7 Å². The van der Waals surface area contributed by atoms with Crippen LogP contribution in [0.3, 0.4) is 0 Å². The van der Waals surface area contributed by atoms with Crippen LogP contribution in [0.4, 0.5) is 0 Å². The average molecular weight is 308 g/mol. The van der Waals surface area contributed by atoms with E-state index in [1.54, 1.807) is 0 Å². The van der Waals surface area contributed by atoms with Gasteiger partial charge in [0.25, 0.3) is 0 Å². The lowest BCUT2D eigenvalue weighted by Gasteiger charge is -2.18. The van der Waals surface area contributed by atoms with Crippen molar-refractivity contribution in [2.45, 2.75) is 32.1 Å². The Morgan fingerprint density at radius 1 is 1.25 bits per heavy atom. The van der Waals surface area contributed by atoms with Gasteiger partial charge in [0.2, 0.25) is 0 Å². The topological polar surface area (TPSA) is 12.0 Å². The van der Waals surface area contributed by atoms with Gasteiger partial charge in [0.05, 0.1) is 0 Å². The minimum Gasteiger partial charge on any atom is -0.316 e. The van der Waals surface area contributed by atoms with E-state index in [0.717, 1.165) is 31.0 Å². The van der Waals surface area contributed by atoms with E-state index in [0.29, 0.717) is 5.92 Å². The highest BCUT2D eigenvalue weighted by molar-refractivity contribution is 7.09. The van der Waals surface area contributed by atoms with E-state index in [9.17, 15) is 0 Å². The standard InChI is InChI=1S/C17H22ClNS/c1-2-10-19-13-15(8-9-17-7-4-11-20-17)14-5-3-6-16(18)12-14/h3-7,11-12,15,19H,2,8-10,13H2,1H3. The number of hydrogen-bond acceptors (Lipinski definition) is 2. The third-order valence-electron chi connectivity index (χ3n) is 3.46. The third kappa shape index (κ3) is 4.93. The summed E-state index contributed by atoms with van der Waals surface area (Å²) in [7, 11) is 0. The molecule has 1 nitrogen and oxygen atoms in total. The Bertz CT molecular complexity index is 495. The summed E-state index contributed by atoms with van der Waals surface area (Å²) in [5.41, 5.74) is 1.35. The lowest BCUT2D eigenvalue weighted by molar-refractivity contribution is 0.550. The second-order valence-corrected chi connectivity index (χ2v) is 6.54. The lowest BCUT2D eigenvalue weighted by Crippen LogP contribution is -2.22. The van der Waals surface area contributed by atoms with E-state index in [-0.39, 0.29) is 0 Å². The van der Waals surface area contributed by atoms with Crippen molar-refractivity contribution in [1.82, 2.24) is 5.32 Å². The summed E-state index contributed by atoms with van der Waals surface area (Å²) in [5.74, 6) is 0.530. The summed E-state index contributed by atoms with van der Waals surface area (Å²) in [5, 5.41) is 6.53. The van der Waals surface area contributed by atoms with Gasteiger partial charge < -0.3 is 5.32 Å². The highest BCUT2D eigenvalue weighted by Crippen LogP contribution is 2.25. The first-order chi connectivity index (χ1) is 9.79. The average Bonchev–Trinajstić information content (AvgIpc) is 2.96. The normalized spacial score (nSPS) is 12.5. The Morgan fingerprint density at radius 2 is 2.15 bits per heavy atom. The molecule has 0 aliphatic rings. The molecule has 3 heteroatoms. The first kappa shape index (κ1) is 15.6.